The number of nitrogens with zero attached hydrogens (tertiary/aromatic N) is 1. The molecule has 2 atom stereocenters. The summed E-state index contributed by atoms with van der Waals surface area (Å²) in [5.74, 6) is 0.707. The highest BCUT2D eigenvalue weighted by Gasteiger charge is 2.40. The average Bonchev–Trinajstić information content (AvgIpc) is 2.65. The molecule has 0 aliphatic carbocycles. The predicted octanol–water partition coefficient (Wildman–Crippen LogP) is 6.13. The molecule has 0 rings (SSSR count). The fraction of sp³-hybridized carbons (Fsp3) is 1.00. The van der Waals surface area contributed by atoms with Crippen LogP contribution >= 0.6 is 0 Å². The summed E-state index contributed by atoms with van der Waals surface area (Å²) in [4.78, 5) is 2.72. The van der Waals surface area contributed by atoms with E-state index >= 15 is 0 Å². The van der Waals surface area contributed by atoms with Crippen molar-refractivity contribution in [3.05, 3.63) is 0 Å². The summed E-state index contributed by atoms with van der Waals surface area (Å²) in [6.07, 6.45) is 8.78. The lowest BCUT2D eigenvalue weighted by atomic mass is 9.94. The summed E-state index contributed by atoms with van der Waals surface area (Å²) in [7, 11) is -2.51. The Balaban J connectivity index is 4.81. The molecule has 0 fully saturated rings. The van der Waals surface area contributed by atoms with Crippen molar-refractivity contribution in [3.63, 3.8) is 0 Å². The van der Waals surface area contributed by atoms with E-state index in [9.17, 15) is 0 Å². The normalized spacial score (nSPS) is 14.7. The lowest BCUT2D eigenvalue weighted by Gasteiger charge is -2.33. The second-order valence-electron chi connectivity index (χ2n) is 7.62. The molecule has 0 aromatic rings. The van der Waals surface area contributed by atoms with Gasteiger partial charge in [-0.1, -0.05) is 40.0 Å². The number of rotatable bonds is 19. The van der Waals surface area contributed by atoms with Gasteiger partial charge in [0, 0.05) is 31.9 Å². The number of hydrogen-bond donors (Lipinski definition) is 0. The Morgan fingerprint density at radius 2 is 1.26 bits per heavy atom. The van der Waals surface area contributed by atoms with Gasteiger partial charge in [-0.3, -0.25) is 0 Å². The third-order valence-electron chi connectivity index (χ3n) is 5.42. The second kappa shape index (κ2) is 17.0. The summed E-state index contributed by atoms with van der Waals surface area (Å²) in [5, 5.41) is 0. The van der Waals surface area contributed by atoms with Crippen molar-refractivity contribution in [1.82, 2.24) is 4.90 Å². The molecule has 0 bridgehead atoms. The van der Waals surface area contributed by atoms with Crippen LogP contribution in [0.25, 0.3) is 0 Å². The first-order valence-corrected chi connectivity index (χ1v) is 13.6. The highest BCUT2D eigenvalue weighted by atomic mass is 28.4. The van der Waals surface area contributed by atoms with E-state index in [4.69, 9.17) is 13.3 Å². The molecular formula is C22H49NO3Si. The first-order valence-electron chi connectivity index (χ1n) is 11.7. The second-order valence-corrected chi connectivity index (χ2v) is 10.4. The van der Waals surface area contributed by atoms with Crippen molar-refractivity contribution in [2.75, 3.05) is 32.9 Å². The molecule has 0 aromatic carbocycles. The van der Waals surface area contributed by atoms with Gasteiger partial charge in [0.15, 0.2) is 0 Å². The molecule has 5 heteroatoms. The van der Waals surface area contributed by atoms with Gasteiger partial charge in [0.05, 0.1) is 0 Å². The van der Waals surface area contributed by atoms with Crippen LogP contribution in [0, 0.1) is 5.92 Å². The molecule has 27 heavy (non-hydrogen) atoms. The molecule has 0 saturated heterocycles. The molecule has 0 heterocycles. The summed E-state index contributed by atoms with van der Waals surface area (Å²) in [6, 6.07) is 1.59. The molecule has 2 unspecified atom stereocenters. The molecule has 0 N–H and O–H groups in total. The van der Waals surface area contributed by atoms with Crippen molar-refractivity contribution in [2.24, 2.45) is 5.92 Å². The van der Waals surface area contributed by atoms with E-state index in [1.165, 1.54) is 51.6 Å². The minimum absolute atomic E-state index is 0.649. The standard InChI is InChI=1S/C22H49NO3Si/c1-8-14-17-23(18-15-9-2)21(7)20-22(10-3)16-19-27(24-11-4,25-12-5)26-13-6/h21-22H,8-20H2,1-7H3. The molecule has 4 nitrogen and oxygen atoms in total. The van der Waals surface area contributed by atoms with Crippen LogP contribution in [0.3, 0.4) is 0 Å². The fourth-order valence-corrected chi connectivity index (χ4v) is 6.54. The SMILES string of the molecule is CCCCN(CCCC)C(C)CC(CC)CC[Si](OCC)(OCC)OCC. The van der Waals surface area contributed by atoms with Crippen LogP contribution in [-0.4, -0.2) is 52.7 Å². The van der Waals surface area contributed by atoms with Crippen molar-refractivity contribution in [1.29, 1.82) is 0 Å². The Kier molecular flexibility index (Phi) is 17.0. The summed E-state index contributed by atoms with van der Waals surface area (Å²) in [5.41, 5.74) is 0. The van der Waals surface area contributed by atoms with Gasteiger partial charge in [-0.05, 0) is 72.4 Å². The maximum atomic E-state index is 6.05. The van der Waals surface area contributed by atoms with Gasteiger partial charge in [-0.2, -0.15) is 0 Å². The van der Waals surface area contributed by atoms with E-state index in [1.807, 2.05) is 20.8 Å². The lowest BCUT2D eigenvalue weighted by molar-refractivity contribution is 0.0687. The van der Waals surface area contributed by atoms with Gasteiger partial charge in [0.2, 0.25) is 0 Å². The molecule has 0 radical (unpaired) electrons. The smallest absolute Gasteiger partial charge is 0.374 e. The van der Waals surface area contributed by atoms with Gasteiger partial charge >= 0.3 is 8.80 Å². The highest BCUT2D eigenvalue weighted by Crippen LogP contribution is 2.27. The number of unbranched alkanes of at least 4 members (excludes halogenated alkanes) is 2. The predicted molar refractivity (Wildman–Crippen MR) is 119 cm³/mol. The monoisotopic (exact) mass is 403 g/mol. The van der Waals surface area contributed by atoms with E-state index < -0.39 is 8.80 Å². The third-order valence-corrected chi connectivity index (χ3v) is 8.51. The maximum Gasteiger partial charge on any atom is 0.500 e. The molecule has 0 saturated carbocycles. The van der Waals surface area contributed by atoms with E-state index in [2.05, 4.69) is 32.6 Å². The Morgan fingerprint density at radius 1 is 0.778 bits per heavy atom. The molecule has 0 amide bonds. The Hall–Kier alpha value is 0.0569. The zero-order valence-corrected chi connectivity index (χ0v) is 20.5. The zero-order valence-electron chi connectivity index (χ0n) is 19.5. The molecule has 164 valence electrons. The van der Waals surface area contributed by atoms with E-state index in [0.717, 1.165) is 12.5 Å². The van der Waals surface area contributed by atoms with Gasteiger partial charge < -0.3 is 18.2 Å². The third kappa shape index (κ3) is 11.6. The van der Waals surface area contributed by atoms with Crippen LogP contribution in [0.5, 0.6) is 0 Å². The molecule has 0 spiro atoms. The fourth-order valence-electron chi connectivity index (χ4n) is 3.78. The molecule has 0 aliphatic heterocycles. The van der Waals surface area contributed by atoms with Crippen LogP contribution in [0.15, 0.2) is 0 Å². The number of hydrogen-bond acceptors (Lipinski definition) is 4. The molecule has 0 aromatic heterocycles. The largest absolute Gasteiger partial charge is 0.500 e. The lowest BCUT2D eigenvalue weighted by Crippen LogP contribution is -2.46. The molecule has 0 aliphatic rings. The van der Waals surface area contributed by atoms with Gasteiger partial charge in [0.25, 0.3) is 0 Å². The first-order chi connectivity index (χ1) is 13.0. The summed E-state index contributed by atoms with van der Waals surface area (Å²) in [6.45, 7) is 19.9. The van der Waals surface area contributed by atoms with Crippen LogP contribution in [-0.2, 0) is 13.3 Å². The topological polar surface area (TPSA) is 30.9 Å². The van der Waals surface area contributed by atoms with Crippen molar-refractivity contribution < 1.29 is 13.3 Å². The van der Waals surface area contributed by atoms with Crippen LogP contribution in [0.1, 0.15) is 93.4 Å². The Labute approximate surface area is 171 Å². The quantitative estimate of drug-likeness (QED) is 0.243. The molecular weight excluding hydrogens is 354 g/mol. The minimum atomic E-state index is -2.51. The van der Waals surface area contributed by atoms with Gasteiger partial charge in [-0.15, -0.1) is 0 Å². The van der Waals surface area contributed by atoms with Crippen LogP contribution < -0.4 is 0 Å². The first kappa shape index (κ1) is 27.1. The minimum Gasteiger partial charge on any atom is -0.374 e. The Morgan fingerprint density at radius 3 is 1.63 bits per heavy atom. The van der Waals surface area contributed by atoms with Crippen LogP contribution in [0.4, 0.5) is 0 Å². The summed E-state index contributed by atoms with van der Waals surface area (Å²) < 4.78 is 18.1. The maximum absolute atomic E-state index is 6.05. The highest BCUT2D eigenvalue weighted by molar-refractivity contribution is 6.60. The van der Waals surface area contributed by atoms with E-state index in [0.29, 0.717) is 31.8 Å². The Bertz CT molecular complexity index is 306. The average molecular weight is 404 g/mol. The zero-order chi connectivity index (χ0) is 20.5. The van der Waals surface area contributed by atoms with Crippen molar-refractivity contribution in [2.45, 2.75) is 105 Å². The van der Waals surface area contributed by atoms with Crippen molar-refractivity contribution in [3.8, 4) is 0 Å². The summed E-state index contributed by atoms with van der Waals surface area (Å²) >= 11 is 0. The van der Waals surface area contributed by atoms with Gasteiger partial charge in [-0.25, -0.2) is 0 Å². The van der Waals surface area contributed by atoms with Gasteiger partial charge in [0.1, 0.15) is 0 Å². The van der Waals surface area contributed by atoms with E-state index in [-0.39, 0.29) is 0 Å². The van der Waals surface area contributed by atoms with E-state index in [1.54, 1.807) is 0 Å². The van der Waals surface area contributed by atoms with Crippen LogP contribution in [0.2, 0.25) is 6.04 Å². The van der Waals surface area contributed by atoms with Crippen molar-refractivity contribution >= 4 is 8.80 Å².